The average Bonchev–Trinajstić information content (AvgIpc) is 3.38. The minimum Gasteiger partial charge on any atom is -0.469 e. The summed E-state index contributed by atoms with van der Waals surface area (Å²) in [6, 6.07) is 13.8. The maximum atomic E-state index is 14.4. The lowest BCUT2D eigenvalue weighted by atomic mass is 9.62. The molecule has 0 unspecified atom stereocenters. The molecule has 2 aromatic rings. The highest BCUT2D eigenvalue weighted by Crippen LogP contribution is 2.57. The van der Waals surface area contributed by atoms with Crippen LogP contribution in [0.15, 0.2) is 48.5 Å². The number of non-ortho nitro benzene ring substituents is 1. The van der Waals surface area contributed by atoms with Crippen molar-refractivity contribution >= 4 is 28.9 Å². The molecule has 0 bridgehead atoms. The first-order chi connectivity index (χ1) is 17.4. The first kappa shape index (κ1) is 23.1. The predicted molar refractivity (Wildman–Crippen MR) is 131 cm³/mol. The van der Waals surface area contributed by atoms with Crippen LogP contribution in [0.1, 0.15) is 31.2 Å². The van der Waals surface area contributed by atoms with Gasteiger partial charge in [-0.1, -0.05) is 18.2 Å². The molecule has 188 valence electrons. The highest BCUT2D eigenvalue weighted by molar-refractivity contribution is 6.13. The van der Waals surface area contributed by atoms with E-state index in [1.165, 1.54) is 19.2 Å². The Morgan fingerprint density at radius 1 is 1.17 bits per heavy atom. The number of hydrogen-bond acceptors (Lipinski definition) is 7. The number of anilines is 2. The van der Waals surface area contributed by atoms with Crippen LogP contribution >= 0.6 is 0 Å². The molecule has 2 aromatic carbocycles. The van der Waals surface area contributed by atoms with Crippen LogP contribution in [0, 0.1) is 27.9 Å². The number of carbonyl (C=O) groups is 2. The van der Waals surface area contributed by atoms with E-state index < -0.39 is 22.4 Å². The topological polar surface area (TPSA) is 113 Å². The maximum Gasteiger partial charge on any atom is 0.311 e. The highest BCUT2D eigenvalue weighted by atomic mass is 16.6. The van der Waals surface area contributed by atoms with Crippen LogP contribution in [0.4, 0.5) is 17.1 Å². The standard InChI is InChI=1S/C27H29N3O6/c1-36-25(32)24-19-14-23-27(12-13-28(23)15-16(19)6-11-22(24)31)20-4-2-3-5-21(20)29(26(27)33)17-7-9-18(10-8-17)30(34)35/h2-5,7-10,16,19,22-24,31H,6,11-15H2,1H3/t16-,19-,22-,23-,24+,27-/m0/s1. The van der Waals surface area contributed by atoms with Gasteiger partial charge in [-0.25, -0.2) is 0 Å². The van der Waals surface area contributed by atoms with Crippen LogP contribution in [-0.2, 0) is 19.7 Å². The van der Waals surface area contributed by atoms with Gasteiger partial charge in [0.15, 0.2) is 0 Å². The van der Waals surface area contributed by atoms with Crippen LogP contribution in [0.5, 0.6) is 0 Å². The minimum atomic E-state index is -0.771. The van der Waals surface area contributed by atoms with Crippen molar-refractivity contribution < 1.29 is 24.4 Å². The fraction of sp³-hybridized carbons (Fsp3) is 0.481. The number of hydrogen-bond donors (Lipinski definition) is 1. The summed E-state index contributed by atoms with van der Waals surface area (Å²) in [6.45, 7) is 1.58. The zero-order chi connectivity index (χ0) is 25.2. The molecule has 3 fully saturated rings. The molecule has 6 rings (SSSR count). The Kier molecular flexibility index (Phi) is 5.38. The largest absolute Gasteiger partial charge is 0.469 e. The molecule has 1 N–H and O–H groups in total. The summed E-state index contributed by atoms with van der Waals surface area (Å²) < 4.78 is 5.08. The van der Waals surface area contributed by atoms with Crippen molar-refractivity contribution in [3.8, 4) is 0 Å². The first-order valence-corrected chi connectivity index (χ1v) is 12.5. The van der Waals surface area contributed by atoms with Crippen LogP contribution in [0.25, 0.3) is 0 Å². The number of nitrogens with zero attached hydrogens (tertiary/aromatic N) is 3. The fourth-order valence-electron chi connectivity index (χ4n) is 7.49. The summed E-state index contributed by atoms with van der Waals surface area (Å²) >= 11 is 0. The van der Waals surface area contributed by atoms with Crippen LogP contribution in [0.3, 0.4) is 0 Å². The summed E-state index contributed by atoms with van der Waals surface area (Å²) in [4.78, 5) is 41.9. The Balaban J connectivity index is 1.40. The van der Waals surface area contributed by atoms with E-state index in [1.54, 1.807) is 17.0 Å². The second-order valence-electron chi connectivity index (χ2n) is 10.5. The van der Waals surface area contributed by atoms with Gasteiger partial charge >= 0.3 is 5.97 Å². The molecule has 0 radical (unpaired) electrons. The lowest BCUT2D eigenvalue weighted by molar-refractivity contribution is -0.384. The molecule has 1 saturated carbocycles. The van der Waals surface area contributed by atoms with Crippen molar-refractivity contribution in [2.75, 3.05) is 25.1 Å². The number of aliphatic hydroxyl groups excluding tert-OH is 1. The SMILES string of the molecule is COC(=O)[C@@H]1[C@H]2C[C@@H]3N(CC[C@@]34C(=O)N(c3ccc([N+](=O)[O-])cc3)c3ccccc34)C[C@@H]2CC[C@@H]1O. The van der Waals surface area contributed by atoms with Gasteiger partial charge in [0.25, 0.3) is 5.69 Å². The number of nitro benzene ring substituents is 1. The molecule has 36 heavy (non-hydrogen) atoms. The molecule has 2 saturated heterocycles. The minimum absolute atomic E-state index is 0.0246. The number of rotatable bonds is 3. The number of ether oxygens (including phenoxy) is 1. The maximum absolute atomic E-state index is 14.4. The molecule has 9 heteroatoms. The number of methoxy groups -OCH3 is 1. The van der Waals surface area contributed by atoms with Gasteiger partial charge in [-0.2, -0.15) is 0 Å². The predicted octanol–water partition coefficient (Wildman–Crippen LogP) is 3.17. The van der Waals surface area contributed by atoms with Gasteiger partial charge in [0.2, 0.25) is 5.91 Å². The van der Waals surface area contributed by atoms with E-state index in [0.29, 0.717) is 24.9 Å². The number of aliphatic hydroxyl groups is 1. The summed E-state index contributed by atoms with van der Waals surface area (Å²) in [7, 11) is 1.36. The normalized spacial score (nSPS) is 33.2. The highest BCUT2D eigenvalue weighted by Gasteiger charge is 2.63. The molecule has 3 heterocycles. The van der Waals surface area contributed by atoms with E-state index in [9.17, 15) is 24.8 Å². The number of carbonyl (C=O) groups excluding carboxylic acids is 2. The van der Waals surface area contributed by atoms with Gasteiger partial charge in [-0.15, -0.1) is 0 Å². The number of esters is 1. The average molecular weight is 492 g/mol. The van der Waals surface area contributed by atoms with Crippen LogP contribution in [-0.4, -0.2) is 59.2 Å². The van der Waals surface area contributed by atoms with Gasteiger partial charge in [-0.3, -0.25) is 29.5 Å². The Hall–Kier alpha value is -3.30. The molecule has 1 aliphatic carbocycles. The summed E-state index contributed by atoms with van der Waals surface area (Å²) in [6.07, 6.45) is 2.01. The van der Waals surface area contributed by atoms with Crippen molar-refractivity contribution in [3.63, 3.8) is 0 Å². The second kappa shape index (κ2) is 8.38. The fourth-order valence-corrected chi connectivity index (χ4v) is 7.49. The number of benzene rings is 2. The van der Waals surface area contributed by atoms with Gasteiger partial charge in [0.1, 0.15) is 0 Å². The Morgan fingerprint density at radius 3 is 2.64 bits per heavy atom. The molecule has 1 amide bonds. The Morgan fingerprint density at radius 2 is 1.92 bits per heavy atom. The molecule has 1 spiro atoms. The van der Waals surface area contributed by atoms with Crippen LogP contribution in [0.2, 0.25) is 0 Å². The van der Waals surface area contributed by atoms with E-state index in [0.717, 1.165) is 30.8 Å². The van der Waals surface area contributed by atoms with Crippen LogP contribution < -0.4 is 4.90 Å². The lowest BCUT2D eigenvalue weighted by Crippen LogP contribution is -2.58. The number of fused-ring (bicyclic) bond motifs is 5. The third kappa shape index (κ3) is 3.15. The monoisotopic (exact) mass is 491 g/mol. The number of piperidine rings is 1. The summed E-state index contributed by atoms with van der Waals surface area (Å²) in [5.74, 6) is -0.754. The number of para-hydroxylation sites is 1. The van der Waals surface area contributed by atoms with Gasteiger partial charge < -0.3 is 9.84 Å². The van der Waals surface area contributed by atoms with Gasteiger partial charge in [-0.05, 0) is 67.8 Å². The summed E-state index contributed by atoms with van der Waals surface area (Å²) in [5, 5.41) is 21.9. The Bertz CT molecular complexity index is 1230. The third-order valence-electron chi connectivity index (χ3n) is 9.08. The van der Waals surface area contributed by atoms with Crippen molar-refractivity contribution in [2.24, 2.45) is 17.8 Å². The zero-order valence-electron chi connectivity index (χ0n) is 20.1. The van der Waals surface area contributed by atoms with Gasteiger partial charge in [0, 0.05) is 30.4 Å². The molecule has 4 aliphatic rings. The number of nitro groups is 1. The Labute approximate surface area is 208 Å². The summed E-state index contributed by atoms with van der Waals surface area (Å²) in [5.41, 5.74) is 1.57. The van der Waals surface area contributed by atoms with E-state index in [4.69, 9.17) is 4.74 Å². The van der Waals surface area contributed by atoms with E-state index in [1.807, 2.05) is 24.3 Å². The van der Waals surface area contributed by atoms with Crippen molar-refractivity contribution in [3.05, 3.63) is 64.2 Å². The molecule has 9 nitrogen and oxygen atoms in total. The molecule has 3 aliphatic heterocycles. The van der Waals surface area contributed by atoms with Crippen molar-refractivity contribution in [1.29, 1.82) is 0 Å². The van der Waals surface area contributed by atoms with E-state index in [2.05, 4.69) is 4.90 Å². The molecular weight excluding hydrogens is 462 g/mol. The van der Waals surface area contributed by atoms with E-state index >= 15 is 0 Å². The smallest absolute Gasteiger partial charge is 0.311 e. The molecule has 0 aromatic heterocycles. The quantitative estimate of drug-likeness (QED) is 0.399. The second-order valence-corrected chi connectivity index (χ2v) is 10.5. The number of amides is 1. The molecule has 6 atom stereocenters. The third-order valence-corrected chi connectivity index (χ3v) is 9.08. The van der Waals surface area contributed by atoms with Crippen molar-refractivity contribution in [1.82, 2.24) is 4.90 Å². The van der Waals surface area contributed by atoms with Gasteiger partial charge in [0.05, 0.1) is 35.2 Å². The molecular formula is C27H29N3O6. The van der Waals surface area contributed by atoms with E-state index in [-0.39, 0.29) is 35.4 Å². The first-order valence-electron chi connectivity index (χ1n) is 12.5. The zero-order valence-corrected chi connectivity index (χ0v) is 20.1. The lowest BCUT2D eigenvalue weighted by Gasteiger charge is -2.50. The van der Waals surface area contributed by atoms with Crippen molar-refractivity contribution in [2.45, 2.75) is 43.2 Å².